The van der Waals surface area contributed by atoms with Crippen molar-refractivity contribution < 1.29 is 4.74 Å². The third-order valence-electron chi connectivity index (χ3n) is 3.24. The molecule has 0 aliphatic carbocycles. The Balaban J connectivity index is 2.46. The Morgan fingerprint density at radius 1 is 1.29 bits per heavy atom. The minimum absolute atomic E-state index is 0.435. The van der Waals surface area contributed by atoms with Crippen LogP contribution in [0.5, 0.6) is 5.88 Å². The molecular formula is C15H29N5O. The lowest BCUT2D eigenvalue weighted by molar-refractivity contribution is 0.262. The number of nitrogens with one attached hydrogen (secondary N) is 1. The summed E-state index contributed by atoms with van der Waals surface area (Å²) in [6.07, 6.45) is 2.53. The number of hydrogen-bond acceptors (Lipinski definition) is 6. The average molecular weight is 295 g/mol. The minimum atomic E-state index is 0.435. The van der Waals surface area contributed by atoms with Crippen LogP contribution in [-0.4, -0.2) is 47.7 Å². The molecule has 0 aliphatic rings. The number of nitrogen functional groups attached to an aromatic ring is 1. The summed E-state index contributed by atoms with van der Waals surface area (Å²) in [6.45, 7) is 13.2. The van der Waals surface area contributed by atoms with Crippen molar-refractivity contribution in [3.63, 3.8) is 0 Å². The fraction of sp³-hybridized carbons (Fsp3) is 0.733. The molecule has 0 radical (unpaired) electrons. The topological polar surface area (TPSA) is 76.3 Å². The molecule has 0 spiro atoms. The quantitative estimate of drug-likeness (QED) is 0.645. The highest BCUT2D eigenvalue weighted by molar-refractivity contribution is 5.66. The molecule has 0 aliphatic heterocycles. The monoisotopic (exact) mass is 295 g/mol. The van der Waals surface area contributed by atoms with Gasteiger partial charge in [0.05, 0.1) is 6.61 Å². The number of nitrogens with zero attached hydrogens (tertiary/aromatic N) is 3. The Bertz CT molecular complexity index is 407. The van der Waals surface area contributed by atoms with Gasteiger partial charge in [-0.25, -0.2) is 4.98 Å². The number of aromatic nitrogens is 2. The second-order valence-corrected chi connectivity index (χ2v) is 5.45. The molecule has 0 amide bonds. The van der Waals surface area contributed by atoms with Crippen LogP contribution in [0.15, 0.2) is 6.33 Å². The summed E-state index contributed by atoms with van der Waals surface area (Å²) < 4.78 is 5.59. The molecule has 0 aromatic carbocycles. The molecular weight excluding hydrogens is 266 g/mol. The normalized spacial score (nSPS) is 11.1. The highest BCUT2D eigenvalue weighted by Crippen LogP contribution is 2.24. The predicted molar refractivity (Wildman–Crippen MR) is 87.7 cm³/mol. The van der Waals surface area contributed by atoms with Gasteiger partial charge in [-0.2, -0.15) is 4.98 Å². The fourth-order valence-electron chi connectivity index (χ4n) is 1.93. The van der Waals surface area contributed by atoms with Crippen LogP contribution in [0.4, 0.5) is 11.5 Å². The summed E-state index contributed by atoms with van der Waals surface area (Å²) in [5.41, 5.74) is 6.53. The number of ether oxygens (including phenoxy) is 1. The maximum absolute atomic E-state index is 6.04. The molecule has 6 nitrogen and oxygen atoms in total. The van der Waals surface area contributed by atoms with E-state index in [4.69, 9.17) is 10.5 Å². The molecule has 6 heteroatoms. The smallest absolute Gasteiger partial charge is 0.242 e. The first-order valence-corrected chi connectivity index (χ1v) is 7.77. The molecule has 0 saturated carbocycles. The van der Waals surface area contributed by atoms with Gasteiger partial charge >= 0.3 is 0 Å². The molecule has 1 heterocycles. The summed E-state index contributed by atoms with van der Waals surface area (Å²) in [5, 5.41) is 3.26. The average Bonchev–Trinajstić information content (AvgIpc) is 2.47. The molecule has 3 N–H and O–H groups in total. The van der Waals surface area contributed by atoms with Crippen LogP contribution in [0.2, 0.25) is 0 Å². The first-order chi connectivity index (χ1) is 10.1. The van der Waals surface area contributed by atoms with Crippen LogP contribution in [0.25, 0.3) is 0 Å². The van der Waals surface area contributed by atoms with E-state index in [0.717, 1.165) is 32.6 Å². The molecule has 0 saturated heterocycles. The Kier molecular flexibility index (Phi) is 7.82. The van der Waals surface area contributed by atoms with Crippen LogP contribution in [-0.2, 0) is 0 Å². The lowest BCUT2D eigenvalue weighted by Crippen LogP contribution is -2.25. The van der Waals surface area contributed by atoms with Gasteiger partial charge in [0.1, 0.15) is 12.0 Å². The van der Waals surface area contributed by atoms with Gasteiger partial charge in [0.15, 0.2) is 5.82 Å². The zero-order chi connectivity index (χ0) is 15.7. The van der Waals surface area contributed by atoms with E-state index in [1.807, 2.05) is 0 Å². The summed E-state index contributed by atoms with van der Waals surface area (Å²) in [7, 11) is 0. The Morgan fingerprint density at radius 3 is 2.62 bits per heavy atom. The van der Waals surface area contributed by atoms with Gasteiger partial charge in [-0.3, -0.25) is 0 Å². The lowest BCUT2D eigenvalue weighted by atomic mass is 10.2. The Hall–Kier alpha value is -1.56. The van der Waals surface area contributed by atoms with Crippen molar-refractivity contribution in [1.82, 2.24) is 14.9 Å². The third-order valence-corrected chi connectivity index (χ3v) is 3.24. The van der Waals surface area contributed by atoms with Crippen LogP contribution < -0.4 is 15.8 Å². The van der Waals surface area contributed by atoms with Crippen molar-refractivity contribution in [2.24, 2.45) is 5.92 Å². The third kappa shape index (κ3) is 6.16. The molecule has 1 rings (SSSR count). The molecule has 0 atom stereocenters. The Labute approximate surface area is 128 Å². The van der Waals surface area contributed by atoms with E-state index < -0.39 is 0 Å². The predicted octanol–water partition coefficient (Wildman–Crippen LogP) is 2.24. The van der Waals surface area contributed by atoms with Gasteiger partial charge < -0.3 is 20.7 Å². The van der Waals surface area contributed by atoms with Crippen molar-refractivity contribution in [2.75, 3.05) is 43.8 Å². The molecule has 0 bridgehead atoms. The van der Waals surface area contributed by atoms with Crippen LogP contribution >= 0.6 is 0 Å². The van der Waals surface area contributed by atoms with Gasteiger partial charge in [-0.05, 0) is 32.0 Å². The van der Waals surface area contributed by atoms with E-state index in [9.17, 15) is 0 Å². The highest BCUT2D eigenvalue weighted by atomic mass is 16.5. The first-order valence-electron chi connectivity index (χ1n) is 7.77. The number of nitrogens with two attached hydrogens (primary N) is 1. The van der Waals surface area contributed by atoms with Gasteiger partial charge in [-0.15, -0.1) is 0 Å². The number of hydrogen-bond donors (Lipinski definition) is 2. The van der Waals surface area contributed by atoms with Crippen LogP contribution in [0.3, 0.4) is 0 Å². The molecule has 1 aromatic rings. The molecule has 21 heavy (non-hydrogen) atoms. The van der Waals surface area contributed by atoms with E-state index in [-0.39, 0.29) is 0 Å². The molecule has 1 aromatic heterocycles. The summed E-state index contributed by atoms with van der Waals surface area (Å²) in [5.74, 6) is 1.55. The van der Waals surface area contributed by atoms with Gasteiger partial charge in [0, 0.05) is 6.54 Å². The summed E-state index contributed by atoms with van der Waals surface area (Å²) in [4.78, 5) is 10.7. The van der Waals surface area contributed by atoms with Crippen molar-refractivity contribution in [2.45, 2.75) is 34.1 Å². The maximum atomic E-state index is 6.04. The number of rotatable bonds is 10. The maximum Gasteiger partial charge on any atom is 0.242 e. The van der Waals surface area contributed by atoms with Gasteiger partial charge in [-0.1, -0.05) is 27.7 Å². The Morgan fingerprint density at radius 2 is 2.00 bits per heavy atom. The molecule has 0 unspecified atom stereocenters. The first kappa shape index (κ1) is 17.5. The zero-order valence-corrected chi connectivity index (χ0v) is 13.7. The van der Waals surface area contributed by atoms with Crippen LogP contribution in [0, 0.1) is 5.92 Å². The van der Waals surface area contributed by atoms with E-state index in [1.165, 1.54) is 6.33 Å². The van der Waals surface area contributed by atoms with Crippen molar-refractivity contribution in [3.05, 3.63) is 6.33 Å². The summed E-state index contributed by atoms with van der Waals surface area (Å²) in [6, 6.07) is 0. The van der Waals surface area contributed by atoms with E-state index in [2.05, 4.69) is 47.9 Å². The zero-order valence-electron chi connectivity index (χ0n) is 13.7. The van der Waals surface area contributed by atoms with Gasteiger partial charge in [0.2, 0.25) is 5.88 Å². The van der Waals surface area contributed by atoms with E-state index in [1.54, 1.807) is 0 Å². The molecule has 120 valence electrons. The van der Waals surface area contributed by atoms with E-state index >= 15 is 0 Å². The van der Waals surface area contributed by atoms with Gasteiger partial charge in [0.25, 0.3) is 0 Å². The second kappa shape index (κ2) is 9.39. The fourth-order valence-corrected chi connectivity index (χ4v) is 1.93. The standard InChI is InChI=1S/C15H29N5O/c1-5-20(6-2)9-7-8-17-14-13(16)15(19-11-18-14)21-10-12(3)4/h11-12H,5-10,16H2,1-4H3,(H,17,18,19). The lowest BCUT2D eigenvalue weighted by Gasteiger charge is -2.18. The van der Waals surface area contributed by atoms with E-state index in [0.29, 0.717) is 29.9 Å². The number of anilines is 2. The van der Waals surface area contributed by atoms with Crippen LogP contribution in [0.1, 0.15) is 34.1 Å². The highest BCUT2D eigenvalue weighted by Gasteiger charge is 2.09. The minimum Gasteiger partial charge on any atom is -0.476 e. The SMILES string of the molecule is CCN(CC)CCCNc1ncnc(OCC(C)C)c1N. The van der Waals surface area contributed by atoms with Crippen molar-refractivity contribution in [3.8, 4) is 5.88 Å². The van der Waals surface area contributed by atoms with Crippen molar-refractivity contribution >= 4 is 11.5 Å². The molecule has 0 fully saturated rings. The second-order valence-electron chi connectivity index (χ2n) is 5.45. The summed E-state index contributed by atoms with van der Waals surface area (Å²) >= 11 is 0. The largest absolute Gasteiger partial charge is 0.476 e. The van der Waals surface area contributed by atoms with Crippen molar-refractivity contribution in [1.29, 1.82) is 0 Å².